The molecule has 0 radical (unpaired) electrons. The minimum Gasteiger partial charge on any atom is -0.507 e. The molecule has 0 saturated carbocycles. The molecule has 0 aromatic heterocycles. The highest BCUT2D eigenvalue weighted by atomic mass is 35.5. The number of amides is 1. The smallest absolute Gasteiger partial charge is 0.257 e. The lowest BCUT2D eigenvalue weighted by Crippen LogP contribution is -2.41. The van der Waals surface area contributed by atoms with Crippen molar-refractivity contribution in [3.63, 3.8) is 0 Å². The fourth-order valence-corrected chi connectivity index (χ4v) is 2.55. The largest absolute Gasteiger partial charge is 0.507 e. The van der Waals surface area contributed by atoms with E-state index in [-0.39, 0.29) is 23.3 Å². The summed E-state index contributed by atoms with van der Waals surface area (Å²) in [5.74, 6) is 0.246. The fourth-order valence-electron chi connectivity index (χ4n) is 2.29. The van der Waals surface area contributed by atoms with Crippen LogP contribution in [0.5, 0.6) is 5.75 Å². The van der Waals surface area contributed by atoms with E-state index in [1.807, 2.05) is 0 Å². The molecule has 1 saturated heterocycles. The summed E-state index contributed by atoms with van der Waals surface area (Å²) in [5, 5.41) is 10.2. The minimum atomic E-state index is -0.194. The second-order valence-electron chi connectivity index (χ2n) is 4.71. The molecule has 6 heteroatoms. The van der Waals surface area contributed by atoms with E-state index >= 15 is 0 Å². The van der Waals surface area contributed by atoms with Crippen molar-refractivity contribution < 1.29 is 14.6 Å². The summed E-state index contributed by atoms with van der Waals surface area (Å²) in [6.07, 6.45) is 1.72. The van der Waals surface area contributed by atoms with Crippen LogP contribution in [0.1, 0.15) is 23.2 Å². The zero-order valence-corrected chi connectivity index (χ0v) is 12.5. The molecule has 2 rings (SSSR count). The maximum atomic E-state index is 12.3. The van der Waals surface area contributed by atoms with Crippen molar-refractivity contribution in [2.24, 2.45) is 0 Å². The van der Waals surface area contributed by atoms with Crippen LogP contribution < -0.4 is 0 Å². The van der Waals surface area contributed by atoms with Crippen LogP contribution in [0.25, 0.3) is 0 Å². The van der Waals surface area contributed by atoms with Gasteiger partial charge in [-0.2, -0.15) is 0 Å². The van der Waals surface area contributed by atoms with E-state index in [0.717, 1.165) is 12.8 Å². The number of phenols is 1. The number of hydrogen-bond donors (Lipinski definition) is 1. The number of likely N-dealkylation sites (tertiary alicyclic amines) is 1. The zero-order valence-electron chi connectivity index (χ0n) is 11.0. The van der Waals surface area contributed by atoms with Gasteiger partial charge in [0.25, 0.3) is 5.91 Å². The summed E-state index contributed by atoms with van der Waals surface area (Å²) >= 11 is 11.4. The van der Waals surface area contributed by atoms with E-state index < -0.39 is 0 Å². The van der Waals surface area contributed by atoms with Gasteiger partial charge in [-0.3, -0.25) is 4.79 Å². The minimum absolute atomic E-state index is 0.0417. The van der Waals surface area contributed by atoms with Crippen LogP contribution >= 0.6 is 23.2 Å². The van der Waals surface area contributed by atoms with Crippen LogP contribution in [-0.2, 0) is 4.74 Å². The summed E-state index contributed by atoms with van der Waals surface area (Å²) in [4.78, 5) is 14.1. The van der Waals surface area contributed by atoms with Crippen molar-refractivity contribution in [2.45, 2.75) is 18.9 Å². The van der Waals surface area contributed by atoms with Gasteiger partial charge in [-0.15, -0.1) is 11.6 Å². The van der Waals surface area contributed by atoms with Crippen LogP contribution in [0.2, 0.25) is 5.02 Å². The first-order chi connectivity index (χ1) is 9.61. The molecule has 1 amide bonds. The second kappa shape index (κ2) is 7.16. The van der Waals surface area contributed by atoms with E-state index in [4.69, 9.17) is 27.9 Å². The highest BCUT2D eigenvalue weighted by Crippen LogP contribution is 2.24. The molecule has 1 aliphatic rings. The number of phenolic OH excluding ortho intramolecular Hbond substituents is 1. The van der Waals surface area contributed by atoms with Crippen molar-refractivity contribution in [3.05, 3.63) is 28.8 Å². The van der Waals surface area contributed by atoms with Gasteiger partial charge in [0.05, 0.1) is 18.3 Å². The van der Waals surface area contributed by atoms with Crippen LogP contribution in [0.3, 0.4) is 0 Å². The highest BCUT2D eigenvalue weighted by Gasteiger charge is 2.25. The summed E-state index contributed by atoms with van der Waals surface area (Å²) < 4.78 is 5.57. The quantitative estimate of drug-likeness (QED) is 0.869. The topological polar surface area (TPSA) is 49.8 Å². The van der Waals surface area contributed by atoms with Gasteiger partial charge >= 0.3 is 0 Å². The maximum absolute atomic E-state index is 12.3. The average molecular weight is 318 g/mol. The Hall–Kier alpha value is -0.970. The van der Waals surface area contributed by atoms with Crippen molar-refractivity contribution in [1.82, 2.24) is 4.90 Å². The second-order valence-corrected chi connectivity index (χ2v) is 5.53. The molecule has 1 aromatic carbocycles. The van der Waals surface area contributed by atoms with Gasteiger partial charge in [0.2, 0.25) is 0 Å². The van der Waals surface area contributed by atoms with Crippen LogP contribution in [-0.4, -0.2) is 47.6 Å². The van der Waals surface area contributed by atoms with Crippen molar-refractivity contribution in [1.29, 1.82) is 0 Å². The zero-order chi connectivity index (χ0) is 14.5. The lowest BCUT2D eigenvalue weighted by atomic mass is 10.1. The van der Waals surface area contributed by atoms with Crippen LogP contribution in [0.15, 0.2) is 18.2 Å². The Morgan fingerprint density at radius 3 is 2.75 bits per heavy atom. The molecule has 1 N–H and O–H groups in total. The molecule has 110 valence electrons. The van der Waals surface area contributed by atoms with Crippen molar-refractivity contribution >= 4 is 29.1 Å². The lowest BCUT2D eigenvalue weighted by Gasteiger charge is -2.32. The molecule has 20 heavy (non-hydrogen) atoms. The number of halogens is 2. The van der Waals surface area contributed by atoms with Crippen LogP contribution in [0.4, 0.5) is 0 Å². The fraction of sp³-hybridized carbons (Fsp3) is 0.500. The van der Waals surface area contributed by atoms with Gasteiger partial charge in [0.1, 0.15) is 5.75 Å². The first-order valence-electron chi connectivity index (χ1n) is 6.57. The third kappa shape index (κ3) is 3.78. The number of alkyl halides is 1. The van der Waals surface area contributed by atoms with E-state index in [1.54, 1.807) is 11.0 Å². The van der Waals surface area contributed by atoms with Crippen LogP contribution in [0, 0.1) is 0 Å². The molecule has 1 fully saturated rings. The summed E-state index contributed by atoms with van der Waals surface area (Å²) in [7, 11) is 0. The number of nitrogens with zero attached hydrogens (tertiary/aromatic N) is 1. The summed E-state index contributed by atoms with van der Waals surface area (Å²) in [6, 6.07) is 4.49. The Morgan fingerprint density at radius 1 is 1.40 bits per heavy atom. The number of aromatic hydroxyl groups is 1. The molecule has 1 heterocycles. The normalized spacial score (nSPS) is 16.4. The molecule has 0 bridgehead atoms. The number of piperidine rings is 1. The Bertz CT molecular complexity index is 473. The molecule has 0 spiro atoms. The third-order valence-corrected chi connectivity index (χ3v) is 3.74. The number of carbonyl (C=O) groups is 1. The number of rotatable bonds is 4. The average Bonchev–Trinajstić information content (AvgIpc) is 2.47. The van der Waals surface area contributed by atoms with Gasteiger partial charge in [-0.1, -0.05) is 11.6 Å². The van der Waals surface area contributed by atoms with Gasteiger partial charge in [-0.25, -0.2) is 0 Å². The number of benzene rings is 1. The Labute approximate surface area is 128 Å². The summed E-state index contributed by atoms with van der Waals surface area (Å²) in [5.41, 5.74) is 0.248. The monoisotopic (exact) mass is 317 g/mol. The molecule has 0 unspecified atom stereocenters. The standard InChI is InChI=1S/C14H17Cl2NO3/c15-5-8-20-11-3-6-17(7-4-11)14(19)12-9-10(16)1-2-13(12)18/h1-2,9,11,18H,3-8H2. The number of carbonyl (C=O) groups excluding carboxylic acids is 1. The Morgan fingerprint density at radius 2 is 2.10 bits per heavy atom. The molecular formula is C14H17Cl2NO3. The number of ether oxygens (including phenoxy) is 1. The first-order valence-corrected chi connectivity index (χ1v) is 7.48. The maximum Gasteiger partial charge on any atom is 0.257 e. The van der Waals surface area contributed by atoms with E-state index in [9.17, 15) is 9.90 Å². The molecule has 1 aromatic rings. The van der Waals surface area contributed by atoms with Gasteiger partial charge in [0, 0.05) is 24.0 Å². The van der Waals surface area contributed by atoms with Gasteiger partial charge < -0.3 is 14.7 Å². The van der Waals surface area contributed by atoms with E-state index in [1.165, 1.54) is 12.1 Å². The van der Waals surface area contributed by atoms with Gasteiger partial charge in [-0.05, 0) is 31.0 Å². The first kappa shape index (κ1) is 15.4. The molecule has 4 nitrogen and oxygen atoms in total. The van der Waals surface area contributed by atoms with Gasteiger partial charge in [0.15, 0.2) is 0 Å². The molecular weight excluding hydrogens is 301 g/mol. The summed E-state index contributed by atoms with van der Waals surface area (Å²) in [6.45, 7) is 1.75. The van der Waals surface area contributed by atoms with E-state index in [2.05, 4.69) is 0 Å². The van der Waals surface area contributed by atoms with Crippen molar-refractivity contribution in [3.8, 4) is 5.75 Å². The number of hydrogen-bond acceptors (Lipinski definition) is 3. The SMILES string of the molecule is O=C(c1cc(Cl)ccc1O)N1CCC(OCCCl)CC1. The van der Waals surface area contributed by atoms with Crippen molar-refractivity contribution in [2.75, 3.05) is 25.6 Å². The Balaban J connectivity index is 1.96. The molecule has 0 atom stereocenters. The van der Waals surface area contributed by atoms with E-state index in [0.29, 0.717) is 30.6 Å². The lowest BCUT2D eigenvalue weighted by molar-refractivity contribution is 0.0153. The predicted octanol–water partition coefficient (Wildman–Crippen LogP) is 2.91. The predicted molar refractivity (Wildman–Crippen MR) is 78.7 cm³/mol. The third-order valence-electron chi connectivity index (χ3n) is 3.35. The Kier molecular flexibility index (Phi) is 5.52. The molecule has 0 aliphatic carbocycles. The molecule has 1 aliphatic heterocycles. The highest BCUT2D eigenvalue weighted by molar-refractivity contribution is 6.31.